The van der Waals surface area contributed by atoms with Gasteiger partial charge in [0.15, 0.2) is 0 Å². The van der Waals surface area contributed by atoms with Crippen LogP contribution in [0.1, 0.15) is 34.4 Å². The Kier molecular flexibility index (Phi) is 20.2. The quantitative estimate of drug-likeness (QED) is 0.0336. The maximum Gasteiger partial charge on any atom is 0.326 e. The third-order valence-corrected chi connectivity index (χ3v) is 12.8. The summed E-state index contributed by atoms with van der Waals surface area (Å²) in [6, 6.07) is 15.0. The lowest BCUT2D eigenvalue weighted by Crippen LogP contribution is -2.61. The molecule has 22 nitrogen and oxygen atoms in total. The summed E-state index contributed by atoms with van der Waals surface area (Å²) in [5.74, 6) is -6.28. The van der Waals surface area contributed by atoms with Gasteiger partial charge in [-0.1, -0.05) is 54.6 Å². The highest BCUT2D eigenvalue weighted by molar-refractivity contribution is 7.98. The molecular weight excluding hydrogens is 989 g/mol. The third kappa shape index (κ3) is 16.6. The number of para-hydroxylation sites is 1. The lowest BCUT2D eigenvalue weighted by Gasteiger charge is -2.27. The van der Waals surface area contributed by atoms with Gasteiger partial charge < -0.3 is 73.1 Å². The van der Waals surface area contributed by atoms with E-state index in [4.69, 9.17) is 5.73 Å². The van der Waals surface area contributed by atoms with Gasteiger partial charge in [0.25, 0.3) is 0 Å². The van der Waals surface area contributed by atoms with Crippen LogP contribution < -0.4 is 37.6 Å². The van der Waals surface area contributed by atoms with E-state index in [9.17, 15) is 59.1 Å². The number of carboxylic acid groups (broad SMARTS) is 1. The Labute approximate surface area is 434 Å². The van der Waals surface area contributed by atoms with Gasteiger partial charge in [-0.3, -0.25) is 28.8 Å². The Morgan fingerprint density at radius 1 is 0.560 bits per heavy atom. The van der Waals surface area contributed by atoms with E-state index in [0.717, 1.165) is 10.9 Å². The number of amides is 6. The highest BCUT2D eigenvalue weighted by atomic mass is 32.2. The number of H-pyrrole nitrogens is 2. The number of phenols is 3. The molecule has 0 saturated carbocycles. The third-order valence-electron chi connectivity index (χ3n) is 12.1. The van der Waals surface area contributed by atoms with Crippen molar-refractivity contribution in [1.29, 1.82) is 0 Å². The van der Waals surface area contributed by atoms with Crippen molar-refractivity contribution in [2.45, 2.75) is 80.8 Å². The van der Waals surface area contributed by atoms with Gasteiger partial charge >= 0.3 is 5.97 Å². The van der Waals surface area contributed by atoms with Crippen molar-refractivity contribution in [2.75, 3.05) is 18.6 Å². The highest BCUT2D eigenvalue weighted by Gasteiger charge is 2.35. The highest BCUT2D eigenvalue weighted by Crippen LogP contribution is 2.21. The molecule has 2 aromatic heterocycles. The Bertz CT molecular complexity index is 2880. The number of carbonyl (C=O) groups excluding carboxylic acids is 6. The molecule has 0 bridgehead atoms. The van der Waals surface area contributed by atoms with Gasteiger partial charge in [-0.05, 0) is 89.6 Å². The molecule has 75 heavy (non-hydrogen) atoms. The summed E-state index contributed by atoms with van der Waals surface area (Å²) >= 11 is 1.36. The minimum absolute atomic E-state index is 0.0119. The van der Waals surface area contributed by atoms with Gasteiger partial charge in [0.1, 0.15) is 53.5 Å². The van der Waals surface area contributed by atoms with Crippen molar-refractivity contribution >= 4 is 64.1 Å². The van der Waals surface area contributed by atoms with E-state index in [1.54, 1.807) is 30.7 Å². The average molecular weight is 1050 g/mol. The summed E-state index contributed by atoms with van der Waals surface area (Å²) in [6.45, 7) is -0.889. The van der Waals surface area contributed by atoms with Crippen molar-refractivity contribution in [1.82, 2.24) is 46.9 Å². The molecule has 0 aliphatic rings. The molecule has 7 atom stereocenters. The van der Waals surface area contributed by atoms with Crippen LogP contribution in [-0.4, -0.2) is 143 Å². The molecule has 0 unspecified atom stereocenters. The zero-order chi connectivity index (χ0) is 54.0. The number of carboxylic acids is 1. The molecule has 0 fully saturated rings. The first-order valence-corrected chi connectivity index (χ1v) is 25.2. The molecule has 15 N–H and O–H groups in total. The number of hydrogen-bond donors (Lipinski definition) is 14. The summed E-state index contributed by atoms with van der Waals surface area (Å²) in [5, 5.41) is 66.2. The zero-order valence-corrected chi connectivity index (χ0v) is 41.5. The van der Waals surface area contributed by atoms with E-state index in [0.29, 0.717) is 33.7 Å². The second-order valence-corrected chi connectivity index (χ2v) is 18.7. The van der Waals surface area contributed by atoms with Gasteiger partial charge in [-0.15, -0.1) is 0 Å². The Morgan fingerprint density at radius 3 is 1.53 bits per heavy atom. The fraction of sp³-hybridized carbons (Fsp3) is 0.308. The van der Waals surface area contributed by atoms with E-state index in [1.165, 1.54) is 84.9 Å². The first kappa shape index (κ1) is 55.9. The Morgan fingerprint density at radius 2 is 1.01 bits per heavy atom. The maximum atomic E-state index is 14.6. The SMILES string of the molecule is CSCC[C@H](NC(=O)[C@H](Cc1ccc(O)cc1)NC(=O)[C@H](CO)NC(=O)[C@@H](N)Cc1ccc(O)cc1)C(=O)N[C@@H](Cc1cnc[nH]1)C(=O)N[C@@H](Cc1c[nH]c2ccccc12)C(=O)N[C@@H](Cc1ccc(O)cc1)C(=O)O. The fourth-order valence-electron chi connectivity index (χ4n) is 8.02. The minimum atomic E-state index is -1.58. The molecular formula is C52H60N10O12S. The van der Waals surface area contributed by atoms with Gasteiger partial charge in [0.2, 0.25) is 35.4 Å². The molecule has 6 rings (SSSR count). The second kappa shape index (κ2) is 27.0. The molecule has 2 heterocycles. The average Bonchev–Trinajstić information content (AvgIpc) is 4.07. The normalized spacial score (nSPS) is 14.0. The number of nitrogens with zero attached hydrogens (tertiary/aromatic N) is 1. The predicted octanol–water partition coefficient (Wildman–Crippen LogP) is 0.587. The smallest absolute Gasteiger partial charge is 0.326 e. The number of nitrogens with one attached hydrogen (secondary N) is 8. The van der Waals surface area contributed by atoms with Gasteiger partial charge in [-0.2, -0.15) is 11.8 Å². The summed E-state index contributed by atoms with van der Waals surface area (Å²) in [7, 11) is 0. The number of nitrogens with two attached hydrogens (primary N) is 1. The van der Waals surface area contributed by atoms with Crippen molar-refractivity contribution in [2.24, 2.45) is 5.73 Å². The molecule has 0 aliphatic carbocycles. The van der Waals surface area contributed by atoms with Crippen LogP contribution >= 0.6 is 11.8 Å². The number of rotatable bonds is 27. The number of thioether (sulfide) groups is 1. The van der Waals surface area contributed by atoms with Crippen LogP contribution in [0.3, 0.4) is 0 Å². The van der Waals surface area contributed by atoms with Crippen LogP contribution in [0.25, 0.3) is 10.9 Å². The zero-order valence-electron chi connectivity index (χ0n) is 40.7. The lowest BCUT2D eigenvalue weighted by molar-refractivity contribution is -0.142. The molecule has 6 amide bonds. The lowest BCUT2D eigenvalue weighted by atomic mass is 10.0. The van der Waals surface area contributed by atoms with Crippen LogP contribution in [0.4, 0.5) is 0 Å². The minimum Gasteiger partial charge on any atom is -0.508 e. The van der Waals surface area contributed by atoms with Crippen LogP contribution in [0.2, 0.25) is 0 Å². The number of aromatic amines is 2. The molecule has 0 aliphatic heterocycles. The number of imidazole rings is 1. The molecule has 6 aromatic rings. The molecule has 0 radical (unpaired) electrons. The Hall–Kier alpha value is -8.41. The van der Waals surface area contributed by atoms with E-state index < -0.39 is 90.3 Å². The maximum absolute atomic E-state index is 14.6. The first-order valence-electron chi connectivity index (χ1n) is 23.8. The summed E-state index contributed by atoms with van der Waals surface area (Å²) in [5.41, 5.74) is 9.46. The number of carbonyl (C=O) groups is 7. The molecule has 0 spiro atoms. The number of aliphatic hydroxyl groups is 1. The monoisotopic (exact) mass is 1050 g/mol. The summed E-state index contributed by atoms with van der Waals surface area (Å²) in [4.78, 5) is 107. The van der Waals surface area contributed by atoms with Crippen molar-refractivity contribution in [3.63, 3.8) is 0 Å². The van der Waals surface area contributed by atoms with E-state index in [-0.39, 0.29) is 55.8 Å². The molecule has 23 heteroatoms. The van der Waals surface area contributed by atoms with Gasteiger partial charge in [0, 0.05) is 54.7 Å². The molecule has 4 aromatic carbocycles. The number of aliphatic hydroxyl groups excluding tert-OH is 1. The number of aliphatic carboxylic acids is 1. The Balaban J connectivity index is 1.22. The number of aromatic hydroxyl groups is 3. The van der Waals surface area contributed by atoms with E-state index in [2.05, 4.69) is 46.9 Å². The van der Waals surface area contributed by atoms with Crippen molar-refractivity contribution in [3.05, 3.63) is 144 Å². The molecule has 396 valence electrons. The topological polar surface area (TPSA) is 363 Å². The summed E-state index contributed by atoms with van der Waals surface area (Å²) in [6.07, 6.45) is 5.63. The van der Waals surface area contributed by atoms with Crippen molar-refractivity contribution < 1.29 is 59.1 Å². The largest absolute Gasteiger partial charge is 0.508 e. The standard InChI is InChI=1S/C52H60N10O12S/c1-75-19-18-40(57-48(69)41(21-30-8-14-35(65)15-9-30)58-51(72)45(27-63)62-46(67)38(53)20-29-6-12-34(64)13-7-29)47(68)60-43(24-33-26-54-28-56-33)50(71)59-42(23-32-25-55-39-5-3-2-4-37(32)39)49(70)61-44(52(73)74)22-31-10-16-36(66)17-11-31/h2-17,25-26,28,38,40-45,55,63-66H,18-24,27,53H2,1H3,(H,54,56)(H,57,69)(H,58,72)(H,59,71)(H,60,68)(H,61,70)(H,62,67)(H,73,74)/t38-,40-,41-,42-,43-,44-,45-/m0/s1. The number of benzene rings is 4. The van der Waals surface area contributed by atoms with Crippen LogP contribution in [0.5, 0.6) is 17.2 Å². The molecule has 0 saturated heterocycles. The van der Waals surface area contributed by atoms with Gasteiger partial charge in [-0.25, -0.2) is 9.78 Å². The predicted molar refractivity (Wildman–Crippen MR) is 277 cm³/mol. The number of phenolic OH excluding ortho intramolecular Hbond substituents is 3. The van der Waals surface area contributed by atoms with Crippen LogP contribution in [0.15, 0.2) is 116 Å². The van der Waals surface area contributed by atoms with Crippen LogP contribution in [0, 0.1) is 0 Å². The second-order valence-electron chi connectivity index (χ2n) is 17.7. The summed E-state index contributed by atoms with van der Waals surface area (Å²) < 4.78 is 0. The van der Waals surface area contributed by atoms with E-state index in [1.807, 2.05) is 18.2 Å². The van der Waals surface area contributed by atoms with Crippen LogP contribution in [-0.2, 0) is 65.7 Å². The number of fused-ring (bicyclic) bond motifs is 1. The number of hydrogen-bond acceptors (Lipinski definition) is 14. The number of aromatic nitrogens is 3. The van der Waals surface area contributed by atoms with Gasteiger partial charge in [0.05, 0.1) is 19.0 Å². The van der Waals surface area contributed by atoms with Crippen molar-refractivity contribution in [3.8, 4) is 17.2 Å². The fourth-order valence-corrected chi connectivity index (χ4v) is 8.49. The first-order chi connectivity index (χ1) is 36.0. The van der Waals surface area contributed by atoms with E-state index >= 15 is 0 Å².